The number of fused-ring (bicyclic) bond motifs is 1. The van der Waals surface area contributed by atoms with Crippen LogP contribution in [-0.2, 0) is 6.42 Å². The van der Waals surface area contributed by atoms with Crippen molar-refractivity contribution >= 4 is 27.7 Å². The maximum atomic E-state index is 5.53. The van der Waals surface area contributed by atoms with Gasteiger partial charge in [0.25, 0.3) is 0 Å². The topological polar surface area (TPSA) is 9.23 Å². The molecule has 64 valence electrons. The van der Waals surface area contributed by atoms with Gasteiger partial charge >= 0.3 is 0 Å². The van der Waals surface area contributed by atoms with E-state index in [1.54, 1.807) is 11.8 Å². The lowest BCUT2D eigenvalue weighted by molar-refractivity contribution is 0.349. The Bertz CT molecular complexity index is 312. The van der Waals surface area contributed by atoms with Crippen LogP contribution >= 0.6 is 27.7 Å². The maximum Gasteiger partial charge on any atom is 0.136 e. The van der Waals surface area contributed by atoms with Gasteiger partial charge in [-0.25, -0.2) is 0 Å². The first-order valence-corrected chi connectivity index (χ1v) is 5.82. The molecule has 3 heteroatoms. The minimum atomic E-state index is 0.833. The van der Waals surface area contributed by atoms with Crippen molar-refractivity contribution < 1.29 is 4.74 Å². The normalized spacial score (nSPS) is 14.2. The summed E-state index contributed by atoms with van der Waals surface area (Å²) in [7, 11) is 0. The zero-order valence-corrected chi connectivity index (χ0v) is 9.17. The van der Waals surface area contributed by atoms with Crippen LogP contribution in [0.2, 0.25) is 0 Å². The molecule has 1 aromatic carbocycles. The molecule has 0 aromatic heterocycles. The van der Waals surface area contributed by atoms with E-state index in [1.165, 1.54) is 10.5 Å². The van der Waals surface area contributed by atoms with Crippen LogP contribution in [0.4, 0.5) is 0 Å². The lowest BCUT2D eigenvalue weighted by Gasteiger charge is -2.05. The highest BCUT2D eigenvalue weighted by Gasteiger charge is 2.16. The highest BCUT2D eigenvalue weighted by atomic mass is 79.9. The number of thioether (sulfide) groups is 1. The summed E-state index contributed by atoms with van der Waals surface area (Å²) in [5, 5.41) is 0. The van der Waals surface area contributed by atoms with Crippen molar-refractivity contribution in [3.63, 3.8) is 0 Å². The first-order valence-electron chi connectivity index (χ1n) is 3.80. The number of ether oxygens (including phenoxy) is 1. The van der Waals surface area contributed by atoms with Gasteiger partial charge in [-0.15, -0.1) is 11.8 Å². The number of benzene rings is 1. The average Bonchev–Trinajstić information content (AvgIpc) is 2.50. The fourth-order valence-corrected chi connectivity index (χ4v) is 2.66. The average molecular weight is 245 g/mol. The lowest BCUT2D eigenvalue weighted by Crippen LogP contribution is -1.87. The van der Waals surface area contributed by atoms with Crippen molar-refractivity contribution in [1.29, 1.82) is 0 Å². The number of rotatable bonds is 1. The van der Waals surface area contributed by atoms with Crippen molar-refractivity contribution in [2.45, 2.75) is 11.3 Å². The van der Waals surface area contributed by atoms with Gasteiger partial charge < -0.3 is 4.74 Å². The predicted molar refractivity (Wildman–Crippen MR) is 55.1 cm³/mol. The molecule has 0 N–H and O–H groups in total. The third-order valence-electron chi connectivity index (χ3n) is 1.93. The molecule has 1 heterocycles. The smallest absolute Gasteiger partial charge is 0.136 e. The summed E-state index contributed by atoms with van der Waals surface area (Å²) in [5.41, 5.74) is 1.33. The van der Waals surface area contributed by atoms with Crippen molar-refractivity contribution in [3.05, 3.63) is 22.2 Å². The largest absolute Gasteiger partial charge is 0.492 e. The number of hydrogen-bond acceptors (Lipinski definition) is 2. The predicted octanol–water partition coefficient (Wildman–Crippen LogP) is 3.11. The molecule has 0 unspecified atom stereocenters. The molecule has 0 bridgehead atoms. The van der Waals surface area contributed by atoms with Gasteiger partial charge in [0, 0.05) is 10.9 Å². The van der Waals surface area contributed by atoms with Crippen molar-refractivity contribution in [3.8, 4) is 5.75 Å². The molecule has 0 aliphatic carbocycles. The van der Waals surface area contributed by atoms with Crippen LogP contribution in [-0.4, -0.2) is 12.9 Å². The van der Waals surface area contributed by atoms with E-state index in [0.29, 0.717) is 0 Å². The van der Waals surface area contributed by atoms with Crippen molar-refractivity contribution in [2.75, 3.05) is 12.9 Å². The Hall–Kier alpha value is -0.150. The maximum absolute atomic E-state index is 5.53. The summed E-state index contributed by atoms with van der Waals surface area (Å²) in [5.74, 6) is 1.09. The summed E-state index contributed by atoms with van der Waals surface area (Å²) < 4.78 is 6.68. The molecule has 1 aromatic rings. The highest BCUT2D eigenvalue weighted by Crippen LogP contribution is 2.37. The van der Waals surface area contributed by atoms with Crippen LogP contribution in [0.15, 0.2) is 21.5 Å². The molecule has 0 radical (unpaired) electrons. The molecule has 0 saturated carbocycles. The van der Waals surface area contributed by atoms with Gasteiger partial charge in [0.1, 0.15) is 5.75 Å². The Kier molecular flexibility index (Phi) is 2.33. The van der Waals surface area contributed by atoms with Crippen molar-refractivity contribution in [1.82, 2.24) is 0 Å². The van der Waals surface area contributed by atoms with Crippen molar-refractivity contribution in [2.24, 2.45) is 0 Å². The van der Waals surface area contributed by atoms with Gasteiger partial charge in [-0.3, -0.25) is 0 Å². The van der Waals surface area contributed by atoms with E-state index < -0.39 is 0 Å². The Labute approximate surface area is 84.6 Å². The fourth-order valence-electron chi connectivity index (χ4n) is 1.39. The van der Waals surface area contributed by atoms with Gasteiger partial charge in [0.2, 0.25) is 0 Å². The van der Waals surface area contributed by atoms with E-state index in [-0.39, 0.29) is 0 Å². The fraction of sp³-hybridized carbons (Fsp3) is 0.333. The molecule has 1 nitrogen and oxygen atoms in total. The SMILES string of the molecule is CSc1cc(Br)cc2c1OCC2. The summed E-state index contributed by atoms with van der Waals surface area (Å²) in [4.78, 5) is 1.23. The minimum Gasteiger partial charge on any atom is -0.492 e. The molecule has 1 aliphatic rings. The van der Waals surface area contributed by atoms with Gasteiger partial charge in [-0.2, -0.15) is 0 Å². The molecule has 0 fully saturated rings. The lowest BCUT2D eigenvalue weighted by atomic mass is 10.2. The van der Waals surface area contributed by atoms with E-state index in [2.05, 4.69) is 34.3 Å². The first kappa shape index (κ1) is 8.45. The second-order valence-electron chi connectivity index (χ2n) is 2.69. The van der Waals surface area contributed by atoms with E-state index in [4.69, 9.17) is 4.74 Å². The number of halogens is 1. The van der Waals surface area contributed by atoms with Crippen LogP contribution in [0.25, 0.3) is 0 Å². The Morgan fingerprint density at radius 1 is 1.50 bits per heavy atom. The Balaban J connectivity index is 2.55. The second kappa shape index (κ2) is 3.30. The summed E-state index contributed by atoms with van der Waals surface area (Å²) >= 11 is 5.22. The van der Waals surface area contributed by atoms with E-state index in [9.17, 15) is 0 Å². The molecule has 0 amide bonds. The second-order valence-corrected chi connectivity index (χ2v) is 4.46. The Morgan fingerprint density at radius 3 is 3.08 bits per heavy atom. The van der Waals surface area contributed by atoms with Crippen LogP contribution in [0.5, 0.6) is 5.75 Å². The number of hydrogen-bond donors (Lipinski definition) is 0. The van der Waals surface area contributed by atoms with Gasteiger partial charge in [-0.1, -0.05) is 15.9 Å². The monoisotopic (exact) mass is 244 g/mol. The van der Waals surface area contributed by atoms with E-state index in [1.807, 2.05) is 0 Å². The molecule has 0 spiro atoms. The van der Waals surface area contributed by atoms with Gasteiger partial charge in [0.15, 0.2) is 0 Å². The molecule has 1 aliphatic heterocycles. The van der Waals surface area contributed by atoms with Gasteiger partial charge in [-0.05, 0) is 24.0 Å². The van der Waals surface area contributed by atoms with Crippen LogP contribution in [0.1, 0.15) is 5.56 Å². The van der Waals surface area contributed by atoms with Crippen LogP contribution < -0.4 is 4.74 Å². The molecule has 0 saturated heterocycles. The molecule has 12 heavy (non-hydrogen) atoms. The van der Waals surface area contributed by atoms with Crippen LogP contribution in [0, 0.1) is 0 Å². The molecular formula is C9H9BrOS. The third kappa shape index (κ3) is 1.36. The standard InChI is InChI=1S/C9H9BrOS/c1-12-8-5-7(10)4-6-2-3-11-9(6)8/h4-5H,2-3H2,1H3. The van der Waals surface area contributed by atoms with E-state index in [0.717, 1.165) is 23.2 Å². The third-order valence-corrected chi connectivity index (χ3v) is 3.14. The summed E-state index contributed by atoms with van der Waals surface area (Å²) in [6.07, 6.45) is 3.12. The highest BCUT2D eigenvalue weighted by molar-refractivity contribution is 9.10. The Morgan fingerprint density at radius 2 is 2.33 bits per heavy atom. The first-order chi connectivity index (χ1) is 5.81. The summed E-state index contributed by atoms with van der Waals surface area (Å²) in [6, 6.07) is 4.25. The molecular weight excluding hydrogens is 236 g/mol. The van der Waals surface area contributed by atoms with Crippen LogP contribution in [0.3, 0.4) is 0 Å². The summed E-state index contributed by atoms with van der Waals surface area (Å²) in [6.45, 7) is 0.833. The molecule has 0 atom stereocenters. The zero-order chi connectivity index (χ0) is 8.55. The quantitative estimate of drug-likeness (QED) is 0.703. The minimum absolute atomic E-state index is 0.833. The zero-order valence-electron chi connectivity index (χ0n) is 6.76. The molecule has 2 rings (SSSR count). The van der Waals surface area contributed by atoms with E-state index >= 15 is 0 Å². The van der Waals surface area contributed by atoms with Gasteiger partial charge in [0.05, 0.1) is 11.5 Å².